The monoisotopic (exact) mass is 449 g/mol. The van der Waals surface area contributed by atoms with Gasteiger partial charge in [0.1, 0.15) is 5.82 Å². The molecule has 2 aliphatic carbocycles. The van der Waals surface area contributed by atoms with Gasteiger partial charge in [0.15, 0.2) is 0 Å². The molecule has 2 saturated carbocycles. The van der Waals surface area contributed by atoms with E-state index in [0.29, 0.717) is 17.4 Å². The number of hydrogen-bond donors (Lipinski definition) is 0. The zero-order valence-corrected chi connectivity index (χ0v) is 21.0. The minimum Gasteiger partial charge on any atom is -0.256 e. The average Bonchev–Trinajstić information content (AvgIpc) is 2.85. The molecule has 0 radical (unpaired) electrons. The van der Waals surface area contributed by atoms with Gasteiger partial charge in [0, 0.05) is 11.8 Å². The van der Waals surface area contributed by atoms with Gasteiger partial charge in [-0.2, -0.15) is 0 Å². The highest BCUT2D eigenvalue weighted by Gasteiger charge is 2.24. The largest absolute Gasteiger partial charge is 0.256 e. The summed E-state index contributed by atoms with van der Waals surface area (Å²) in [6, 6.07) is 10.1. The zero-order chi connectivity index (χ0) is 23.0. The van der Waals surface area contributed by atoms with Crippen LogP contribution in [0.4, 0.5) is 4.39 Å². The Hall–Kier alpha value is -1.70. The first-order chi connectivity index (χ1) is 16.2. The molecule has 0 unspecified atom stereocenters. The van der Waals surface area contributed by atoms with Crippen LogP contribution in [0.5, 0.6) is 0 Å². The summed E-state index contributed by atoms with van der Waals surface area (Å²) in [5, 5.41) is 0. The van der Waals surface area contributed by atoms with Crippen LogP contribution in [0.1, 0.15) is 127 Å². The molecule has 1 aromatic heterocycles. The van der Waals surface area contributed by atoms with Crippen molar-refractivity contribution in [1.82, 2.24) is 4.98 Å². The van der Waals surface area contributed by atoms with Gasteiger partial charge >= 0.3 is 0 Å². The number of rotatable bonds is 9. The standard InChI is InChI=1S/C31H44FN/c1-3-5-6-8-24-11-15-26(16-12-24)28-18-20-31(33-22-28)29-19-17-27(21-30(29)32)25-13-9-23(7-4-2)10-14-25/h17-26H,3-16H2,1-2H3. The third-order valence-corrected chi connectivity index (χ3v) is 8.60. The summed E-state index contributed by atoms with van der Waals surface area (Å²) >= 11 is 0. The quantitative estimate of drug-likeness (QED) is 0.347. The second-order valence-electron chi connectivity index (χ2n) is 10.9. The lowest BCUT2D eigenvalue weighted by molar-refractivity contribution is 0.302. The van der Waals surface area contributed by atoms with Gasteiger partial charge in [0.25, 0.3) is 0 Å². The van der Waals surface area contributed by atoms with Crippen LogP contribution < -0.4 is 0 Å². The van der Waals surface area contributed by atoms with Gasteiger partial charge in [-0.1, -0.05) is 64.5 Å². The second kappa shape index (κ2) is 12.1. The Bertz CT molecular complexity index is 842. The summed E-state index contributed by atoms with van der Waals surface area (Å²) in [7, 11) is 0. The molecule has 2 aliphatic rings. The van der Waals surface area contributed by atoms with Gasteiger partial charge in [-0.05, 0) is 104 Å². The highest BCUT2D eigenvalue weighted by atomic mass is 19.1. The van der Waals surface area contributed by atoms with E-state index < -0.39 is 0 Å². The van der Waals surface area contributed by atoms with E-state index in [1.165, 1.54) is 101 Å². The van der Waals surface area contributed by atoms with Crippen molar-refractivity contribution >= 4 is 0 Å². The average molecular weight is 450 g/mol. The summed E-state index contributed by atoms with van der Waals surface area (Å²) in [4.78, 5) is 4.70. The molecule has 0 aliphatic heterocycles. The predicted octanol–water partition coefficient (Wildman–Crippen LogP) is 9.82. The highest BCUT2D eigenvalue weighted by Crippen LogP contribution is 2.40. The molecule has 2 fully saturated rings. The Morgan fingerprint density at radius 2 is 1.36 bits per heavy atom. The number of benzene rings is 1. The topological polar surface area (TPSA) is 12.9 Å². The van der Waals surface area contributed by atoms with E-state index in [0.717, 1.165) is 17.5 Å². The molecule has 180 valence electrons. The lowest BCUT2D eigenvalue weighted by Gasteiger charge is -2.29. The number of unbranched alkanes of at least 4 members (excludes halogenated alkanes) is 2. The Kier molecular flexibility index (Phi) is 8.98. The predicted molar refractivity (Wildman–Crippen MR) is 138 cm³/mol. The smallest absolute Gasteiger partial charge is 0.132 e. The molecular formula is C31H44FN. The van der Waals surface area contributed by atoms with Crippen LogP contribution in [0.2, 0.25) is 0 Å². The molecule has 0 amide bonds. The maximum atomic E-state index is 15.1. The Balaban J connectivity index is 1.33. The van der Waals surface area contributed by atoms with Gasteiger partial charge < -0.3 is 0 Å². The van der Waals surface area contributed by atoms with Gasteiger partial charge in [0.05, 0.1) is 5.69 Å². The van der Waals surface area contributed by atoms with E-state index in [1.54, 1.807) is 6.07 Å². The van der Waals surface area contributed by atoms with Crippen LogP contribution >= 0.6 is 0 Å². The van der Waals surface area contributed by atoms with Crippen molar-refractivity contribution in [2.75, 3.05) is 0 Å². The summed E-state index contributed by atoms with van der Waals surface area (Å²) in [6.45, 7) is 4.56. The first kappa shape index (κ1) is 24.4. The fourth-order valence-electron chi connectivity index (χ4n) is 6.46. The van der Waals surface area contributed by atoms with Crippen molar-refractivity contribution in [3.8, 4) is 11.3 Å². The molecule has 2 aromatic rings. The maximum Gasteiger partial charge on any atom is 0.132 e. The lowest BCUT2D eigenvalue weighted by atomic mass is 9.77. The fourth-order valence-corrected chi connectivity index (χ4v) is 6.46. The van der Waals surface area contributed by atoms with E-state index in [4.69, 9.17) is 4.98 Å². The van der Waals surface area contributed by atoms with Crippen molar-refractivity contribution in [3.63, 3.8) is 0 Å². The third kappa shape index (κ3) is 6.46. The molecule has 1 nitrogen and oxygen atoms in total. The van der Waals surface area contributed by atoms with Crippen molar-refractivity contribution in [2.24, 2.45) is 11.8 Å². The normalized spacial score (nSPS) is 25.8. The van der Waals surface area contributed by atoms with Gasteiger partial charge in [-0.15, -0.1) is 0 Å². The summed E-state index contributed by atoms with van der Waals surface area (Å²) in [6.07, 6.45) is 20.4. The Morgan fingerprint density at radius 1 is 0.727 bits per heavy atom. The summed E-state index contributed by atoms with van der Waals surface area (Å²) in [5.74, 6) is 2.85. The summed E-state index contributed by atoms with van der Waals surface area (Å²) in [5.41, 5.74) is 3.93. The van der Waals surface area contributed by atoms with E-state index in [9.17, 15) is 0 Å². The zero-order valence-electron chi connectivity index (χ0n) is 21.0. The van der Waals surface area contributed by atoms with E-state index in [1.807, 2.05) is 18.3 Å². The van der Waals surface area contributed by atoms with Crippen LogP contribution in [-0.2, 0) is 0 Å². The number of halogens is 1. The first-order valence-electron chi connectivity index (χ1n) is 13.9. The van der Waals surface area contributed by atoms with E-state index in [2.05, 4.69) is 26.0 Å². The van der Waals surface area contributed by atoms with Crippen LogP contribution in [-0.4, -0.2) is 4.98 Å². The third-order valence-electron chi connectivity index (χ3n) is 8.60. The van der Waals surface area contributed by atoms with Crippen molar-refractivity contribution < 1.29 is 4.39 Å². The molecule has 0 saturated heterocycles. The molecule has 0 N–H and O–H groups in total. The van der Waals surface area contributed by atoms with Crippen molar-refractivity contribution in [1.29, 1.82) is 0 Å². The van der Waals surface area contributed by atoms with Gasteiger partial charge in [-0.3, -0.25) is 4.98 Å². The highest BCUT2D eigenvalue weighted by molar-refractivity contribution is 5.60. The Labute approximate surface area is 201 Å². The molecule has 33 heavy (non-hydrogen) atoms. The molecule has 4 rings (SSSR count). The first-order valence-corrected chi connectivity index (χ1v) is 13.9. The van der Waals surface area contributed by atoms with Crippen LogP contribution in [0.15, 0.2) is 36.5 Å². The van der Waals surface area contributed by atoms with Crippen LogP contribution in [0.3, 0.4) is 0 Å². The van der Waals surface area contributed by atoms with Crippen molar-refractivity contribution in [2.45, 2.75) is 116 Å². The minimum atomic E-state index is -0.115. The van der Waals surface area contributed by atoms with Crippen LogP contribution in [0, 0.1) is 17.7 Å². The fraction of sp³-hybridized carbons (Fsp3) is 0.645. The minimum absolute atomic E-state index is 0.115. The summed E-state index contributed by atoms with van der Waals surface area (Å²) < 4.78 is 15.1. The van der Waals surface area contributed by atoms with E-state index >= 15 is 4.39 Å². The maximum absolute atomic E-state index is 15.1. The number of aromatic nitrogens is 1. The van der Waals surface area contributed by atoms with Gasteiger partial charge in [-0.25, -0.2) is 4.39 Å². The lowest BCUT2D eigenvalue weighted by Crippen LogP contribution is -2.13. The molecule has 1 heterocycles. The van der Waals surface area contributed by atoms with E-state index in [-0.39, 0.29) is 5.82 Å². The molecule has 2 heteroatoms. The second-order valence-corrected chi connectivity index (χ2v) is 10.9. The molecule has 0 spiro atoms. The van der Waals surface area contributed by atoms with Crippen molar-refractivity contribution in [3.05, 3.63) is 53.5 Å². The molecular weight excluding hydrogens is 405 g/mol. The SMILES string of the molecule is CCCCCC1CCC(c2ccc(-c3ccc(C4CCC(CCC)CC4)cc3F)nc2)CC1. The number of nitrogens with zero attached hydrogens (tertiary/aromatic N) is 1. The number of hydrogen-bond acceptors (Lipinski definition) is 1. The van der Waals surface area contributed by atoms with Gasteiger partial charge in [0.2, 0.25) is 0 Å². The number of pyridine rings is 1. The molecule has 0 atom stereocenters. The molecule has 1 aromatic carbocycles. The Morgan fingerprint density at radius 3 is 1.94 bits per heavy atom. The molecule has 0 bridgehead atoms. The van der Waals surface area contributed by atoms with Crippen LogP contribution in [0.25, 0.3) is 11.3 Å².